The van der Waals surface area contributed by atoms with Gasteiger partial charge in [-0.05, 0) is 85.2 Å². The molecule has 1 aliphatic rings. The minimum Gasteiger partial charge on any atom is -0.406 e. The molecule has 2 heterocycles. The average Bonchev–Trinajstić information content (AvgIpc) is 3.53. The van der Waals surface area contributed by atoms with Gasteiger partial charge in [0.25, 0.3) is 0 Å². The first-order valence-electron chi connectivity index (χ1n) is 16.1. The summed E-state index contributed by atoms with van der Waals surface area (Å²) in [5, 5.41) is 7.80. The van der Waals surface area contributed by atoms with Crippen molar-refractivity contribution in [3.8, 4) is 22.8 Å². The molecule has 1 fully saturated rings. The summed E-state index contributed by atoms with van der Waals surface area (Å²) >= 11 is 1.81. The number of thioether (sulfide) groups is 1. The van der Waals surface area contributed by atoms with Crippen LogP contribution >= 0.6 is 11.8 Å². The molecular formula is C36H42F3N5O2S. The van der Waals surface area contributed by atoms with Crippen molar-refractivity contribution in [2.75, 3.05) is 10.7 Å². The standard InChI is InChI=1S/C36H42F3N5O2S/c1-24(2)31-10-6-7-11-32(31)44-26(4)21-22-47-35(44)41-33(45)12-8-5-9-25(3)27-13-15-28(16-14-27)34-40-23-43(42-34)29-17-19-30(20-18-29)46-36(37,38)39/h6-7,10-11,13-20,23-26,35H,5,8-9,12,21-22H2,1-4H3,(H,41,45). The highest BCUT2D eigenvalue weighted by Crippen LogP contribution is 2.36. The van der Waals surface area contributed by atoms with E-state index in [-0.39, 0.29) is 17.2 Å². The van der Waals surface area contributed by atoms with Crippen LogP contribution in [0, 0.1) is 0 Å². The van der Waals surface area contributed by atoms with Crippen molar-refractivity contribution in [3.05, 3.63) is 90.3 Å². The monoisotopic (exact) mass is 665 g/mol. The van der Waals surface area contributed by atoms with Gasteiger partial charge in [0.2, 0.25) is 5.91 Å². The Morgan fingerprint density at radius 1 is 1.02 bits per heavy atom. The first-order valence-corrected chi connectivity index (χ1v) is 17.2. The maximum absolute atomic E-state index is 13.0. The van der Waals surface area contributed by atoms with Crippen molar-refractivity contribution in [2.45, 2.75) is 89.5 Å². The predicted molar refractivity (Wildman–Crippen MR) is 182 cm³/mol. The number of hydrogen-bond acceptors (Lipinski definition) is 6. The van der Waals surface area contributed by atoms with Crippen LogP contribution in [0.4, 0.5) is 18.9 Å². The van der Waals surface area contributed by atoms with Gasteiger partial charge >= 0.3 is 6.36 Å². The Kier molecular flexibility index (Phi) is 11.2. The largest absolute Gasteiger partial charge is 0.573 e. The first kappa shape index (κ1) is 34.3. The van der Waals surface area contributed by atoms with Crippen molar-refractivity contribution in [3.63, 3.8) is 0 Å². The van der Waals surface area contributed by atoms with E-state index in [1.165, 1.54) is 52.1 Å². The quantitative estimate of drug-likeness (QED) is 0.152. The molecule has 0 aliphatic carbocycles. The predicted octanol–water partition coefficient (Wildman–Crippen LogP) is 9.05. The Morgan fingerprint density at radius 3 is 2.45 bits per heavy atom. The molecule has 0 spiro atoms. The van der Waals surface area contributed by atoms with Crippen LogP contribution < -0.4 is 15.0 Å². The SMILES string of the molecule is CC(C)c1ccccc1N1C(C)CCSC1NC(=O)CCCCC(C)c1ccc(-c2ncn(-c3ccc(OC(F)(F)F)cc3)n2)cc1. The fourth-order valence-corrected chi connectivity index (χ4v) is 7.28. The lowest BCUT2D eigenvalue weighted by Gasteiger charge is -2.43. The molecule has 0 bridgehead atoms. The van der Waals surface area contributed by atoms with Crippen LogP contribution in [0.15, 0.2) is 79.1 Å². The number of unbranched alkanes of at least 4 members (excludes halogenated alkanes) is 1. The zero-order valence-electron chi connectivity index (χ0n) is 27.2. The molecule has 1 N–H and O–H groups in total. The summed E-state index contributed by atoms with van der Waals surface area (Å²) in [4.78, 5) is 19.8. The van der Waals surface area contributed by atoms with E-state index in [0.717, 1.165) is 37.0 Å². The third-order valence-electron chi connectivity index (χ3n) is 8.52. The number of carbonyl (C=O) groups excluding carboxylic acids is 1. The van der Waals surface area contributed by atoms with E-state index in [1.807, 2.05) is 12.1 Å². The Hall–Kier alpha value is -3.99. The van der Waals surface area contributed by atoms with Gasteiger partial charge in [0.15, 0.2) is 11.3 Å². The van der Waals surface area contributed by atoms with E-state index < -0.39 is 6.36 Å². The van der Waals surface area contributed by atoms with E-state index >= 15 is 0 Å². The molecule has 47 heavy (non-hydrogen) atoms. The topological polar surface area (TPSA) is 72.3 Å². The van der Waals surface area contributed by atoms with Crippen LogP contribution in [0.1, 0.15) is 82.8 Å². The number of nitrogens with zero attached hydrogens (tertiary/aromatic N) is 4. The van der Waals surface area contributed by atoms with Crippen LogP contribution in [-0.4, -0.2) is 44.3 Å². The van der Waals surface area contributed by atoms with Gasteiger partial charge in [0.05, 0.1) is 5.69 Å². The van der Waals surface area contributed by atoms with E-state index in [9.17, 15) is 18.0 Å². The second-order valence-corrected chi connectivity index (χ2v) is 13.6. The highest BCUT2D eigenvalue weighted by molar-refractivity contribution is 8.00. The first-order chi connectivity index (χ1) is 22.5. The zero-order chi connectivity index (χ0) is 33.6. The summed E-state index contributed by atoms with van der Waals surface area (Å²) in [5.41, 5.74) is 5.06. The van der Waals surface area contributed by atoms with Gasteiger partial charge in [-0.2, -0.15) is 0 Å². The molecule has 0 saturated carbocycles. The van der Waals surface area contributed by atoms with E-state index in [4.69, 9.17) is 0 Å². The molecule has 5 rings (SSSR count). The molecule has 3 atom stereocenters. The Bertz CT molecular complexity index is 1610. The van der Waals surface area contributed by atoms with Gasteiger partial charge in [-0.1, -0.05) is 69.7 Å². The lowest BCUT2D eigenvalue weighted by atomic mass is 9.94. The van der Waals surface area contributed by atoms with E-state index in [0.29, 0.717) is 35.8 Å². The van der Waals surface area contributed by atoms with Gasteiger partial charge in [-0.3, -0.25) is 4.79 Å². The van der Waals surface area contributed by atoms with Crippen molar-refractivity contribution < 1.29 is 22.7 Å². The number of benzene rings is 3. The smallest absolute Gasteiger partial charge is 0.406 e. The van der Waals surface area contributed by atoms with Gasteiger partial charge in [0.1, 0.15) is 12.1 Å². The number of hydrogen-bond donors (Lipinski definition) is 1. The number of rotatable bonds is 12. The van der Waals surface area contributed by atoms with Crippen LogP contribution in [0.3, 0.4) is 0 Å². The number of aromatic nitrogens is 3. The van der Waals surface area contributed by atoms with E-state index in [2.05, 4.69) is 89.1 Å². The molecule has 3 unspecified atom stereocenters. The number of alkyl halides is 3. The molecule has 4 aromatic rings. The summed E-state index contributed by atoms with van der Waals surface area (Å²) in [6.07, 6.45) is 1.12. The summed E-state index contributed by atoms with van der Waals surface area (Å²) in [6, 6.07) is 22.4. The lowest BCUT2D eigenvalue weighted by molar-refractivity contribution is -0.274. The van der Waals surface area contributed by atoms with Crippen LogP contribution in [-0.2, 0) is 4.79 Å². The number of halogens is 3. The number of amides is 1. The third-order valence-corrected chi connectivity index (χ3v) is 9.65. The summed E-state index contributed by atoms with van der Waals surface area (Å²) in [6.45, 7) is 8.86. The molecule has 1 aliphatic heterocycles. The fraction of sp³-hybridized carbons (Fsp3) is 0.417. The van der Waals surface area contributed by atoms with Gasteiger partial charge in [0, 0.05) is 23.7 Å². The maximum Gasteiger partial charge on any atom is 0.573 e. The molecule has 3 aromatic carbocycles. The van der Waals surface area contributed by atoms with Crippen molar-refractivity contribution in [1.82, 2.24) is 20.1 Å². The normalized spacial score (nSPS) is 17.5. The molecule has 0 radical (unpaired) electrons. The van der Waals surface area contributed by atoms with Crippen molar-refractivity contribution >= 4 is 23.4 Å². The molecule has 250 valence electrons. The van der Waals surface area contributed by atoms with Crippen LogP contribution in [0.25, 0.3) is 17.1 Å². The maximum atomic E-state index is 13.0. The second-order valence-electron chi connectivity index (χ2n) is 12.4. The minimum atomic E-state index is -4.74. The number of carbonyl (C=O) groups is 1. The molecule has 11 heteroatoms. The molecule has 1 amide bonds. The summed E-state index contributed by atoms with van der Waals surface area (Å²) in [5.74, 6) is 2.07. The fourth-order valence-electron chi connectivity index (χ4n) is 5.88. The van der Waals surface area contributed by atoms with Gasteiger partial charge in [-0.25, -0.2) is 9.67 Å². The van der Waals surface area contributed by atoms with Crippen LogP contribution in [0.2, 0.25) is 0 Å². The zero-order valence-corrected chi connectivity index (χ0v) is 28.0. The number of para-hydroxylation sites is 1. The lowest BCUT2D eigenvalue weighted by Crippen LogP contribution is -2.53. The van der Waals surface area contributed by atoms with Gasteiger partial charge in [-0.15, -0.1) is 30.0 Å². The van der Waals surface area contributed by atoms with Gasteiger partial charge < -0.3 is 15.0 Å². The van der Waals surface area contributed by atoms with Crippen LogP contribution in [0.5, 0.6) is 5.75 Å². The highest BCUT2D eigenvalue weighted by Gasteiger charge is 2.32. The molecule has 7 nitrogen and oxygen atoms in total. The number of anilines is 1. The molecule has 1 aromatic heterocycles. The van der Waals surface area contributed by atoms with Crippen molar-refractivity contribution in [2.24, 2.45) is 0 Å². The number of nitrogens with one attached hydrogen (secondary N) is 1. The third kappa shape index (κ3) is 9.09. The summed E-state index contributed by atoms with van der Waals surface area (Å²) < 4.78 is 42.8. The Balaban J connectivity index is 1.09. The second kappa shape index (κ2) is 15.3. The molecular weight excluding hydrogens is 623 g/mol. The summed E-state index contributed by atoms with van der Waals surface area (Å²) in [7, 11) is 0. The Labute approximate surface area is 278 Å². The Morgan fingerprint density at radius 2 is 1.74 bits per heavy atom. The highest BCUT2D eigenvalue weighted by atomic mass is 32.2. The number of ether oxygens (including phenoxy) is 1. The average molecular weight is 666 g/mol. The van der Waals surface area contributed by atoms with Crippen molar-refractivity contribution in [1.29, 1.82) is 0 Å². The minimum absolute atomic E-state index is 0.0668. The van der Waals surface area contributed by atoms with E-state index in [1.54, 1.807) is 11.8 Å². The molecule has 1 saturated heterocycles.